The average molecular weight is 280 g/mol. The Morgan fingerprint density at radius 2 is 1.68 bits per heavy atom. The third-order valence-electron chi connectivity index (χ3n) is 4.13. The Hall–Kier alpha value is -0.530. The van der Waals surface area contributed by atoms with E-state index in [0.717, 1.165) is 25.0 Å². The van der Waals surface area contributed by atoms with Crippen molar-refractivity contribution in [3.8, 4) is 0 Å². The van der Waals surface area contributed by atoms with Gasteiger partial charge in [-0.3, -0.25) is 4.90 Å². The van der Waals surface area contributed by atoms with E-state index in [1.54, 1.807) is 0 Å². The van der Waals surface area contributed by atoms with E-state index < -0.39 is 0 Å². The third kappa shape index (κ3) is 4.50. The van der Waals surface area contributed by atoms with Gasteiger partial charge in [0.25, 0.3) is 0 Å². The smallest absolute Gasteiger partial charge is 0.0351 e. The van der Waals surface area contributed by atoms with Crippen LogP contribution in [-0.4, -0.2) is 23.4 Å². The van der Waals surface area contributed by atoms with Gasteiger partial charge in [-0.05, 0) is 32.3 Å². The molecule has 1 aromatic rings. The predicted octanol–water partition coefficient (Wildman–Crippen LogP) is 4.68. The van der Waals surface area contributed by atoms with E-state index in [-0.39, 0.29) is 0 Å². The lowest BCUT2D eigenvalue weighted by Crippen LogP contribution is -2.37. The average Bonchev–Trinajstić information content (AvgIpc) is 2.38. The fourth-order valence-corrected chi connectivity index (χ4v) is 3.56. The Kier molecular flexibility index (Phi) is 5.72. The van der Waals surface area contributed by atoms with Crippen molar-refractivity contribution < 1.29 is 0 Å². The van der Waals surface area contributed by atoms with Crippen molar-refractivity contribution >= 4 is 11.6 Å². The molecule has 0 unspecified atom stereocenters. The van der Waals surface area contributed by atoms with E-state index in [4.69, 9.17) is 11.6 Å². The summed E-state index contributed by atoms with van der Waals surface area (Å²) in [5.74, 6) is 0.737. The van der Waals surface area contributed by atoms with Crippen LogP contribution in [0.5, 0.6) is 0 Å². The molecule has 0 N–H and O–H groups in total. The first-order chi connectivity index (χ1) is 9.19. The lowest BCUT2D eigenvalue weighted by Gasteiger charge is -2.34. The maximum absolute atomic E-state index is 6.00. The van der Waals surface area contributed by atoms with Crippen LogP contribution in [0.2, 0.25) is 0 Å². The highest BCUT2D eigenvalue weighted by atomic mass is 35.5. The Labute approximate surface area is 123 Å². The van der Waals surface area contributed by atoms with Crippen molar-refractivity contribution in [1.82, 2.24) is 4.90 Å². The Morgan fingerprint density at radius 3 is 2.26 bits per heavy atom. The molecular formula is C17H26ClN. The van der Waals surface area contributed by atoms with E-state index in [1.165, 1.54) is 48.8 Å². The first-order valence-corrected chi connectivity index (χ1v) is 8.09. The second-order valence-electron chi connectivity index (χ2n) is 5.95. The molecule has 2 rings (SSSR count). The van der Waals surface area contributed by atoms with E-state index >= 15 is 0 Å². The monoisotopic (exact) mass is 279 g/mol. The Bertz CT molecular complexity index is 376. The summed E-state index contributed by atoms with van der Waals surface area (Å²) in [6.45, 7) is 6.44. The maximum Gasteiger partial charge on any atom is 0.0351 e. The summed E-state index contributed by atoms with van der Waals surface area (Å²) in [5.41, 5.74) is 4.17. The number of hydrogen-bond donors (Lipinski definition) is 0. The molecule has 0 radical (unpaired) electrons. The summed E-state index contributed by atoms with van der Waals surface area (Å²) < 4.78 is 0. The zero-order valence-corrected chi connectivity index (χ0v) is 13.0. The van der Waals surface area contributed by atoms with Gasteiger partial charge < -0.3 is 0 Å². The second-order valence-corrected chi connectivity index (χ2v) is 6.33. The summed E-state index contributed by atoms with van der Waals surface area (Å²) in [6.07, 6.45) is 6.88. The lowest BCUT2D eigenvalue weighted by atomic mass is 9.93. The van der Waals surface area contributed by atoms with E-state index in [9.17, 15) is 0 Å². The van der Waals surface area contributed by atoms with Crippen LogP contribution in [0, 0.1) is 13.8 Å². The number of halogens is 1. The quantitative estimate of drug-likeness (QED) is 0.708. The first-order valence-electron chi connectivity index (χ1n) is 7.56. The highest BCUT2D eigenvalue weighted by Gasteiger charge is 2.20. The van der Waals surface area contributed by atoms with Gasteiger partial charge in [0.2, 0.25) is 0 Å². The third-order valence-corrected chi connectivity index (χ3v) is 4.30. The van der Waals surface area contributed by atoms with Gasteiger partial charge >= 0.3 is 0 Å². The Balaban J connectivity index is 2.06. The highest BCUT2D eigenvalue weighted by molar-refractivity contribution is 6.18. The molecular weight excluding hydrogens is 254 g/mol. The van der Waals surface area contributed by atoms with Gasteiger partial charge in [-0.1, -0.05) is 48.6 Å². The number of aryl methyl sites for hydroxylation is 2. The fourth-order valence-electron chi connectivity index (χ4n) is 3.34. The van der Waals surface area contributed by atoms with Crippen LogP contribution in [0.1, 0.15) is 48.8 Å². The molecule has 0 amide bonds. The van der Waals surface area contributed by atoms with Gasteiger partial charge in [-0.2, -0.15) is 0 Å². The molecule has 2 heteroatoms. The number of alkyl halides is 1. The summed E-state index contributed by atoms with van der Waals surface area (Å²) in [7, 11) is 0. The predicted molar refractivity (Wildman–Crippen MR) is 83.9 cm³/mol. The minimum Gasteiger partial charge on any atom is -0.295 e. The molecule has 0 aromatic heterocycles. The molecule has 1 fully saturated rings. The van der Waals surface area contributed by atoms with Crippen molar-refractivity contribution in [3.05, 3.63) is 34.9 Å². The number of nitrogens with zero attached hydrogens (tertiary/aromatic N) is 1. The molecule has 0 heterocycles. The van der Waals surface area contributed by atoms with Gasteiger partial charge in [0, 0.05) is 25.0 Å². The number of rotatable bonds is 5. The van der Waals surface area contributed by atoms with Crippen LogP contribution in [0.4, 0.5) is 0 Å². The summed E-state index contributed by atoms with van der Waals surface area (Å²) in [6, 6.07) is 7.62. The van der Waals surface area contributed by atoms with Crippen molar-refractivity contribution in [2.45, 2.75) is 58.5 Å². The van der Waals surface area contributed by atoms with Crippen LogP contribution in [-0.2, 0) is 6.54 Å². The minimum absolute atomic E-state index is 0.737. The second kappa shape index (κ2) is 7.31. The SMILES string of the molecule is Cc1cc(C)cc(CN(CCCl)C2CCCCC2)c1. The molecule has 1 aromatic carbocycles. The van der Waals surface area contributed by atoms with Crippen molar-refractivity contribution in [1.29, 1.82) is 0 Å². The molecule has 1 saturated carbocycles. The molecule has 0 saturated heterocycles. The van der Waals surface area contributed by atoms with Gasteiger partial charge in [0.1, 0.15) is 0 Å². The van der Waals surface area contributed by atoms with E-state index in [1.807, 2.05) is 0 Å². The molecule has 0 atom stereocenters. The number of benzene rings is 1. The first kappa shape index (κ1) is 14.9. The molecule has 0 bridgehead atoms. The molecule has 0 aliphatic heterocycles. The van der Waals surface area contributed by atoms with Crippen molar-refractivity contribution in [3.63, 3.8) is 0 Å². The van der Waals surface area contributed by atoms with E-state index in [2.05, 4.69) is 36.9 Å². The molecule has 1 aliphatic rings. The molecule has 1 nitrogen and oxygen atoms in total. The zero-order valence-electron chi connectivity index (χ0n) is 12.3. The Morgan fingerprint density at radius 1 is 1.05 bits per heavy atom. The zero-order chi connectivity index (χ0) is 13.7. The lowest BCUT2D eigenvalue weighted by molar-refractivity contribution is 0.157. The van der Waals surface area contributed by atoms with Crippen molar-refractivity contribution in [2.75, 3.05) is 12.4 Å². The van der Waals surface area contributed by atoms with E-state index in [0.29, 0.717) is 0 Å². The summed E-state index contributed by atoms with van der Waals surface area (Å²) >= 11 is 6.00. The number of hydrogen-bond acceptors (Lipinski definition) is 1. The minimum atomic E-state index is 0.737. The standard InChI is InChI=1S/C17H26ClN/c1-14-10-15(2)12-16(11-14)13-19(9-8-18)17-6-4-3-5-7-17/h10-12,17H,3-9,13H2,1-2H3. The van der Waals surface area contributed by atoms with Gasteiger partial charge in [-0.15, -0.1) is 11.6 Å². The molecule has 0 spiro atoms. The van der Waals surface area contributed by atoms with Crippen LogP contribution in [0.15, 0.2) is 18.2 Å². The molecule has 19 heavy (non-hydrogen) atoms. The summed E-state index contributed by atoms with van der Waals surface area (Å²) in [4.78, 5) is 2.60. The maximum atomic E-state index is 6.00. The normalized spacial score (nSPS) is 17.1. The van der Waals surface area contributed by atoms with Crippen LogP contribution >= 0.6 is 11.6 Å². The van der Waals surface area contributed by atoms with Crippen LogP contribution < -0.4 is 0 Å². The van der Waals surface area contributed by atoms with Gasteiger partial charge in [-0.25, -0.2) is 0 Å². The summed E-state index contributed by atoms with van der Waals surface area (Å²) in [5, 5.41) is 0. The van der Waals surface area contributed by atoms with Crippen LogP contribution in [0.3, 0.4) is 0 Å². The van der Waals surface area contributed by atoms with Gasteiger partial charge in [0.05, 0.1) is 0 Å². The fraction of sp³-hybridized carbons (Fsp3) is 0.647. The van der Waals surface area contributed by atoms with Gasteiger partial charge in [0.15, 0.2) is 0 Å². The highest BCUT2D eigenvalue weighted by Crippen LogP contribution is 2.24. The van der Waals surface area contributed by atoms with Crippen molar-refractivity contribution in [2.24, 2.45) is 0 Å². The molecule has 1 aliphatic carbocycles. The molecule has 106 valence electrons. The topological polar surface area (TPSA) is 3.24 Å². The van der Waals surface area contributed by atoms with Crippen LogP contribution in [0.25, 0.3) is 0 Å². The largest absolute Gasteiger partial charge is 0.295 e.